The molecule has 0 bridgehead atoms. The Morgan fingerprint density at radius 3 is 2.21 bits per heavy atom. The summed E-state index contributed by atoms with van der Waals surface area (Å²) in [4.78, 5) is 12.3. The molecule has 5 nitrogen and oxygen atoms in total. The van der Waals surface area contributed by atoms with Gasteiger partial charge in [0.2, 0.25) is 0 Å². The van der Waals surface area contributed by atoms with Gasteiger partial charge < -0.3 is 19.5 Å². The second-order valence-corrected chi connectivity index (χ2v) is 5.62. The Hall–Kier alpha value is -2.69. The van der Waals surface area contributed by atoms with E-state index < -0.39 is 6.10 Å². The van der Waals surface area contributed by atoms with Crippen molar-refractivity contribution < 1.29 is 19.0 Å². The monoisotopic (exact) mass is 329 g/mol. The van der Waals surface area contributed by atoms with E-state index in [0.717, 1.165) is 5.75 Å². The number of hydrogen-bond acceptors (Lipinski definition) is 4. The van der Waals surface area contributed by atoms with Crippen molar-refractivity contribution in [2.45, 2.75) is 33.0 Å². The fourth-order valence-corrected chi connectivity index (χ4v) is 2.08. The number of methoxy groups -OCH3 is 1. The Balaban J connectivity index is 1.95. The van der Waals surface area contributed by atoms with Gasteiger partial charge in [0.25, 0.3) is 5.91 Å². The van der Waals surface area contributed by atoms with Gasteiger partial charge in [-0.2, -0.15) is 0 Å². The number of benzene rings is 2. The quantitative estimate of drug-likeness (QED) is 0.837. The number of nitrogens with one attached hydrogen (secondary N) is 1. The van der Waals surface area contributed by atoms with Crippen LogP contribution < -0.4 is 19.5 Å². The summed E-state index contributed by atoms with van der Waals surface area (Å²) >= 11 is 0. The molecule has 0 radical (unpaired) electrons. The molecule has 0 heterocycles. The van der Waals surface area contributed by atoms with E-state index in [1.165, 1.54) is 0 Å². The molecular formula is C19H23NO4. The fraction of sp³-hybridized carbons (Fsp3) is 0.316. The van der Waals surface area contributed by atoms with Crippen molar-refractivity contribution in [3.8, 4) is 17.2 Å². The lowest BCUT2D eigenvalue weighted by Gasteiger charge is -2.16. The van der Waals surface area contributed by atoms with Gasteiger partial charge in [-0.1, -0.05) is 6.07 Å². The molecule has 2 aromatic carbocycles. The van der Waals surface area contributed by atoms with Crippen molar-refractivity contribution in [2.75, 3.05) is 12.4 Å². The van der Waals surface area contributed by atoms with Crippen LogP contribution in [0.15, 0.2) is 48.5 Å². The van der Waals surface area contributed by atoms with Gasteiger partial charge in [-0.3, -0.25) is 4.79 Å². The number of carbonyl (C=O) groups is 1. The minimum Gasteiger partial charge on any atom is -0.497 e. The molecular weight excluding hydrogens is 306 g/mol. The molecule has 0 spiro atoms. The van der Waals surface area contributed by atoms with E-state index in [2.05, 4.69) is 5.32 Å². The molecule has 0 fully saturated rings. The SMILES string of the molecule is COc1ccc(O[C@H](C)C(=O)Nc2cccc(OC(C)C)c2)cc1. The van der Waals surface area contributed by atoms with Crippen LogP contribution in [0.3, 0.4) is 0 Å². The number of amides is 1. The molecule has 2 rings (SSSR count). The Morgan fingerprint density at radius 2 is 1.58 bits per heavy atom. The van der Waals surface area contributed by atoms with Crippen molar-refractivity contribution >= 4 is 11.6 Å². The first-order valence-corrected chi connectivity index (χ1v) is 7.86. The zero-order valence-electron chi connectivity index (χ0n) is 14.4. The first kappa shape index (κ1) is 17.7. The zero-order chi connectivity index (χ0) is 17.5. The predicted molar refractivity (Wildman–Crippen MR) is 93.9 cm³/mol. The summed E-state index contributed by atoms with van der Waals surface area (Å²) in [5.41, 5.74) is 0.670. The van der Waals surface area contributed by atoms with Crippen molar-refractivity contribution in [3.05, 3.63) is 48.5 Å². The number of rotatable bonds is 7. The smallest absolute Gasteiger partial charge is 0.265 e. The molecule has 0 aliphatic rings. The second-order valence-electron chi connectivity index (χ2n) is 5.62. The first-order valence-electron chi connectivity index (χ1n) is 7.86. The van der Waals surface area contributed by atoms with Crippen LogP contribution in [0.2, 0.25) is 0 Å². The van der Waals surface area contributed by atoms with Crippen molar-refractivity contribution in [3.63, 3.8) is 0 Å². The zero-order valence-corrected chi connectivity index (χ0v) is 14.4. The number of ether oxygens (including phenoxy) is 3. The average Bonchev–Trinajstić information content (AvgIpc) is 2.55. The Morgan fingerprint density at radius 1 is 0.917 bits per heavy atom. The molecule has 5 heteroatoms. The molecule has 0 unspecified atom stereocenters. The second kappa shape index (κ2) is 8.24. The largest absolute Gasteiger partial charge is 0.497 e. The maximum absolute atomic E-state index is 12.3. The Labute approximate surface area is 142 Å². The summed E-state index contributed by atoms with van der Waals surface area (Å²) in [7, 11) is 1.60. The van der Waals surface area contributed by atoms with E-state index >= 15 is 0 Å². The van der Waals surface area contributed by atoms with Crippen molar-refractivity contribution in [1.82, 2.24) is 0 Å². The third kappa shape index (κ3) is 5.19. The van der Waals surface area contributed by atoms with E-state index in [1.807, 2.05) is 32.0 Å². The molecule has 2 aromatic rings. The summed E-state index contributed by atoms with van der Waals surface area (Å²) in [5.74, 6) is 1.83. The molecule has 1 N–H and O–H groups in total. The van der Waals surface area contributed by atoms with Crippen molar-refractivity contribution in [1.29, 1.82) is 0 Å². The summed E-state index contributed by atoms with van der Waals surface area (Å²) in [5, 5.41) is 2.83. The molecule has 0 saturated carbocycles. The van der Waals surface area contributed by atoms with Crippen LogP contribution in [0.25, 0.3) is 0 Å². The molecule has 1 atom stereocenters. The van der Waals surface area contributed by atoms with Gasteiger partial charge in [-0.25, -0.2) is 0 Å². The van der Waals surface area contributed by atoms with Crippen molar-refractivity contribution in [2.24, 2.45) is 0 Å². The number of anilines is 1. The minimum atomic E-state index is -0.631. The summed E-state index contributed by atoms with van der Waals surface area (Å²) in [6, 6.07) is 14.4. The number of hydrogen-bond donors (Lipinski definition) is 1. The Bertz CT molecular complexity index is 667. The topological polar surface area (TPSA) is 56.8 Å². The van der Waals surface area contributed by atoms with Gasteiger partial charge in [-0.05, 0) is 57.2 Å². The van der Waals surface area contributed by atoms with Crippen LogP contribution in [0.5, 0.6) is 17.2 Å². The molecule has 1 amide bonds. The van der Waals surface area contributed by atoms with E-state index in [4.69, 9.17) is 14.2 Å². The van der Waals surface area contributed by atoms with Crippen LogP contribution in [0, 0.1) is 0 Å². The summed E-state index contributed by atoms with van der Waals surface area (Å²) in [6.45, 7) is 5.61. The minimum absolute atomic E-state index is 0.0771. The third-order valence-corrected chi connectivity index (χ3v) is 3.21. The molecule has 24 heavy (non-hydrogen) atoms. The summed E-state index contributed by atoms with van der Waals surface area (Å²) in [6.07, 6.45) is -0.554. The van der Waals surface area contributed by atoms with E-state index in [0.29, 0.717) is 17.2 Å². The molecule has 128 valence electrons. The maximum atomic E-state index is 12.3. The molecule has 0 aromatic heterocycles. The first-order chi connectivity index (χ1) is 11.5. The fourth-order valence-electron chi connectivity index (χ4n) is 2.08. The molecule has 0 aliphatic heterocycles. The van der Waals surface area contributed by atoms with Gasteiger partial charge in [0, 0.05) is 11.8 Å². The highest BCUT2D eigenvalue weighted by Crippen LogP contribution is 2.20. The lowest BCUT2D eigenvalue weighted by Crippen LogP contribution is -2.30. The van der Waals surface area contributed by atoms with Crippen LogP contribution in [0.4, 0.5) is 5.69 Å². The van der Waals surface area contributed by atoms with Gasteiger partial charge in [0.15, 0.2) is 6.10 Å². The van der Waals surface area contributed by atoms with E-state index in [1.54, 1.807) is 44.4 Å². The maximum Gasteiger partial charge on any atom is 0.265 e. The molecule has 0 aliphatic carbocycles. The normalized spacial score (nSPS) is 11.7. The number of carbonyl (C=O) groups excluding carboxylic acids is 1. The highest BCUT2D eigenvalue weighted by molar-refractivity contribution is 5.94. The van der Waals surface area contributed by atoms with Gasteiger partial charge in [0.1, 0.15) is 17.2 Å². The third-order valence-electron chi connectivity index (χ3n) is 3.21. The Kier molecular flexibility index (Phi) is 6.07. The van der Waals surface area contributed by atoms with E-state index in [-0.39, 0.29) is 12.0 Å². The van der Waals surface area contributed by atoms with Gasteiger partial charge in [0.05, 0.1) is 13.2 Å². The highest BCUT2D eigenvalue weighted by Gasteiger charge is 2.15. The standard InChI is InChI=1S/C19H23NO4/c1-13(2)23-18-7-5-6-15(12-18)20-19(21)14(3)24-17-10-8-16(22-4)9-11-17/h5-14H,1-4H3,(H,20,21)/t14-/m1/s1. The van der Waals surface area contributed by atoms with Gasteiger partial charge in [-0.15, -0.1) is 0 Å². The van der Waals surface area contributed by atoms with Crippen LogP contribution in [-0.4, -0.2) is 25.2 Å². The molecule has 0 saturated heterocycles. The summed E-state index contributed by atoms with van der Waals surface area (Å²) < 4.78 is 16.4. The van der Waals surface area contributed by atoms with Crippen LogP contribution >= 0.6 is 0 Å². The highest BCUT2D eigenvalue weighted by atomic mass is 16.5. The van der Waals surface area contributed by atoms with Crippen LogP contribution in [-0.2, 0) is 4.79 Å². The van der Waals surface area contributed by atoms with E-state index in [9.17, 15) is 4.79 Å². The van der Waals surface area contributed by atoms with Gasteiger partial charge >= 0.3 is 0 Å². The lowest BCUT2D eigenvalue weighted by molar-refractivity contribution is -0.122. The lowest BCUT2D eigenvalue weighted by atomic mass is 10.2. The average molecular weight is 329 g/mol. The van der Waals surface area contributed by atoms with Crippen LogP contribution in [0.1, 0.15) is 20.8 Å². The predicted octanol–water partition coefficient (Wildman–Crippen LogP) is 3.89.